The van der Waals surface area contributed by atoms with Crippen LogP contribution in [0.15, 0.2) is 46.1 Å². The third-order valence-corrected chi connectivity index (χ3v) is 6.39. The number of rotatable bonds is 10. The van der Waals surface area contributed by atoms with Gasteiger partial charge in [-0.3, -0.25) is 19.1 Å². The minimum Gasteiger partial charge on any atom is -0.462 e. The van der Waals surface area contributed by atoms with Crippen molar-refractivity contribution < 1.29 is 38.1 Å². The SMILES string of the molecule is CC(C)OC(=O)[C@H](C)NP(=O)(OC[C@H]1O[C@@H](n2ncc(=O)[nH]c2=O)C(O)[C@H]1O)Oc1ccccc1. The fourth-order valence-corrected chi connectivity index (χ4v) is 4.62. The van der Waals surface area contributed by atoms with Crippen molar-refractivity contribution in [2.45, 2.75) is 57.5 Å². The first-order valence-corrected chi connectivity index (χ1v) is 12.2. The number of para-hydroxylation sites is 1. The number of hydrogen-bond donors (Lipinski definition) is 4. The zero-order chi connectivity index (χ0) is 25.8. The smallest absolute Gasteiger partial charge is 0.459 e. The van der Waals surface area contributed by atoms with E-state index in [9.17, 15) is 29.2 Å². The molecule has 1 aliphatic heterocycles. The first-order valence-electron chi connectivity index (χ1n) is 10.7. The quantitative estimate of drug-likeness (QED) is 0.239. The average molecular weight is 514 g/mol. The van der Waals surface area contributed by atoms with E-state index in [1.807, 2.05) is 4.98 Å². The lowest BCUT2D eigenvalue weighted by atomic mass is 10.1. The third kappa shape index (κ3) is 6.84. The van der Waals surface area contributed by atoms with Crippen molar-refractivity contribution >= 4 is 13.7 Å². The van der Waals surface area contributed by atoms with E-state index in [0.29, 0.717) is 4.68 Å². The molecule has 2 unspecified atom stereocenters. The molecular weight excluding hydrogens is 487 g/mol. The van der Waals surface area contributed by atoms with Gasteiger partial charge in [0.25, 0.3) is 5.56 Å². The molecule has 6 atom stereocenters. The number of aromatic amines is 1. The van der Waals surface area contributed by atoms with Gasteiger partial charge in [-0.1, -0.05) is 18.2 Å². The van der Waals surface area contributed by atoms with E-state index in [0.717, 1.165) is 6.20 Å². The zero-order valence-electron chi connectivity index (χ0n) is 19.1. The molecule has 0 spiro atoms. The number of hydrogen-bond acceptors (Lipinski definition) is 11. The topological polar surface area (TPSA) is 191 Å². The summed E-state index contributed by atoms with van der Waals surface area (Å²) >= 11 is 0. The highest BCUT2D eigenvalue weighted by Gasteiger charge is 2.46. The van der Waals surface area contributed by atoms with Crippen molar-refractivity contribution in [3.63, 3.8) is 0 Å². The van der Waals surface area contributed by atoms with Crippen molar-refractivity contribution in [2.75, 3.05) is 6.61 Å². The number of carbonyl (C=O) groups excluding carboxylic acids is 1. The van der Waals surface area contributed by atoms with Crippen molar-refractivity contribution in [1.82, 2.24) is 19.9 Å². The van der Waals surface area contributed by atoms with Gasteiger partial charge in [-0.15, -0.1) is 0 Å². The summed E-state index contributed by atoms with van der Waals surface area (Å²) in [5.41, 5.74) is -1.72. The maximum absolute atomic E-state index is 13.5. The summed E-state index contributed by atoms with van der Waals surface area (Å²) in [7, 11) is -4.26. The van der Waals surface area contributed by atoms with Gasteiger partial charge in [-0.25, -0.2) is 9.36 Å². The van der Waals surface area contributed by atoms with Gasteiger partial charge in [0.05, 0.1) is 12.7 Å². The number of carbonyl (C=O) groups is 1. The van der Waals surface area contributed by atoms with Crippen molar-refractivity contribution in [2.24, 2.45) is 0 Å². The van der Waals surface area contributed by atoms with Crippen molar-refractivity contribution in [3.05, 3.63) is 57.4 Å². The minimum absolute atomic E-state index is 0.169. The van der Waals surface area contributed by atoms with Crippen LogP contribution in [0.25, 0.3) is 0 Å². The summed E-state index contributed by atoms with van der Waals surface area (Å²) in [6.07, 6.45) is -5.53. The molecule has 14 nitrogen and oxygen atoms in total. The number of esters is 1. The second kappa shape index (κ2) is 11.2. The van der Waals surface area contributed by atoms with E-state index < -0.39 is 68.3 Å². The first-order chi connectivity index (χ1) is 16.5. The van der Waals surface area contributed by atoms with E-state index in [-0.39, 0.29) is 5.75 Å². The Morgan fingerprint density at radius 2 is 1.91 bits per heavy atom. The Bertz CT molecular complexity index is 1170. The molecule has 1 aromatic heterocycles. The van der Waals surface area contributed by atoms with Crippen molar-refractivity contribution in [1.29, 1.82) is 0 Å². The van der Waals surface area contributed by atoms with Crippen LogP contribution in [0.4, 0.5) is 0 Å². The molecule has 0 amide bonds. The van der Waals surface area contributed by atoms with Crippen LogP contribution in [0.1, 0.15) is 27.0 Å². The molecule has 1 aromatic carbocycles. The summed E-state index contributed by atoms with van der Waals surface area (Å²) < 4.78 is 35.7. The Labute approximate surface area is 199 Å². The van der Waals surface area contributed by atoms with E-state index in [4.69, 9.17) is 18.5 Å². The third-order valence-electron chi connectivity index (χ3n) is 4.75. The largest absolute Gasteiger partial charge is 0.462 e. The van der Waals surface area contributed by atoms with Gasteiger partial charge in [0.1, 0.15) is 36.3 Å². The van der Waals surface area contributed by atoms with Crippen LogP contribution in [-0.2, 0) is 23.4 Å². The second-order valence-electron chi connectivity index (χ2n) is 7.96. The molecule has 3 rings (SSSR count). The number of aliphatic hydroxyl groups is 2. The lowest BCUT2D eigenvalue weighted by Gasteiger charge is -2.25. The predicted octanol–water partition coefficient (Wildman–Crippen LogP) is -0.316. The van der Waals surface area contributed by atoms with Gasteiger partial charge in [-0.2, -0.15) is 14.9 Å². The zero-order valence-corrected chi connectivity index (χ0v) is 20.0. The van der Waals surface area contributed by atoms with E-state index in [2.05, 4.69) is 10.2 Å². The van der Waals surface area contributed by atoms with Crippen LogP contribution in [0.3, 0.4) is 0 Å². The van der Waals surface area contributed by atoms with Crippen LogP contribution in [0, 0.1) is 0 Å². The highest BCUT2D eigenvalue weighted by atomic mass is 31.2. The molecule has 2 aromatic rings. The summed E-state index contributed by atoms with van der Waals surface area (Å²) in [6, 6.07) is 6.92. The summed E-state index contributed by atoms with van der Waals surface area (Å²) in [5, 5.41) is 26.8. The van der Waals surface area contributed by atoms with Crippen LogP contribution >= 0.6 is 7.75 Å². The number of aromatic nitrogens is 3. The fraction of sp³-hybridized carbons (Fsp3) is 0.500. The van der Waals surface area contributed by atoms with E-state index >= 15 is 0 Å². The molecular formula is C20H27N4O10P. The molecule has 2 heterocycles. The van der Waals surface area contributed by atoms with Gasteiger partial charge in [0.2, 0.25) is 0 Å². The number of nitrogens with one attached hydrogen (secondary N) is 2. The summed E-state index contributed by atoms with van der Waals surface area (Å²) in [5.74, 6) is -0.529. The van der Waals surface area contributed by atoms with Gasteiger partial charge < -0.3 is 24.2 Å². The minimum atomic E-state index is -4.26. The van der Waals surface area contributed by atoms with Gasteiger partial charge in [-0.05, 0) is 32.9 Å². The number of nitrogens with zero attached hydrogens (tertiary/aromatic N) is 2. The Balaban J connectivity index is 1.75. The maximum Gasteiger partial charge on any atom is 0.459 e. The number of H-pyrrole nitrogens is 1. The molecule has 192 valence electrons. The standard InChI is InChI=1S/C20H27N4O10P/c1-11(2)32-19(28)12(3)23-35(30,34-13-7-5-4-6-8-13)31-10-14-16(26)17(27)18(33-14)24-20(29)22-15(25)9-21-24/h4-9,11-12,14,16-18,26-27H,10H2,1-3H3,(H,23,30)(H,22,25,29)/t12-,14+,16-,17?,18+,35?/m0/s1. The molecule has 35 heavy (non-hydrogen) atoms. The second-order valence-corrected chi connectivity index (χ2v) is 9.66. The fourth-order valence-electron chi connectivity index (χ4n) is 3.12. The van der Waals surface area contributed by atoms with E-state index in [1.165, 1.54) is 19.1 Å². The van der Waals surface area contributed by atoms with Crippen LogP contribution < -0.4 is 20.9 Å². The summed E-state index contributed by atoms with van der Waals surface area (Å²) in [4.78, 5) is 37.4. The molecule has 0 aliphatic carbocycles. The molecule has 4 N–H and O–H groups in total. The Kier molecular flexibility index (Phi) is 8.59. The van der Waals surface area contributed by atoms with Crippen LogP contribution in [0.2, 0.25) is 0 Å². The van der Waals surface area contributed by atoms with E-state index in [1.54, 1.807) is 32.0 Å². The molecule has 15 heteroatoms. The average Bonchev–Trinajstić information content (AvgIpc) is 3.06. The lowest BCUT2D eigenvalue weighted by molar-refractivity contribution is -0.149. The number of ether oxygens (including phenoxy) is 2. The van der Waals surface area contributed by atoms with Gasteiger partial charge in [0, 0.05) is 0 Å². The number of aliphatic hydroxyl groups excluding tert-OH is 2. The van der Waals surface area contributed by atoms with Crippen molar-refractivity contribution in [3.8, 4) is 5.75 Å². The van der Waals surface area contributed by atoms with Gasteiger partial charge in [0.15, 0.2) is 6.23 Å². The Hall–Kier alpha value is -2.87. The molecule has 0 bridgehead atoms. The summed E-state index contributed by atoms with van der Waals surface area (Å²) in [6.45, 7) is 4.15. The Morgan fingerprint density at radius 3 is 2.54 bits per heavy atom. The molecule has 1 fully saturated rings. The maximum atomic E-state index is 13.5. The monoisotopic (exact) mass is 514 g/mol. The van der Waals surface area contributed by atoms with Crippen LogP contribution in [0.5, 0.6) is 5.75 Å². The molecule has 1 saturated heterocycles. The molecule has 0 radical (unpaired) electrons. The highest BCUT2D eigenvalue weighted by molar-refractivity contribution is 7.52. The Morgan fingerprint density at radius 1 is 1.23 bits per heavy atom. The lowest BCUT2D eigenvalue weighted by Crippen LogP contribution is -2.39. The van der Waals surface area contributed by atoms with Crippen LogP contribution in [-0.4, -0.2) is 68.0 Å². The highest BCUT2D eigenvalue weighted by Crippen LogP contribution is 2.45. The first kappa shape index (κ1) is 26.7. The molecule has 1 aliphatic rings. The van der Waals surface area contributed by atoms with Gasteiger partial charge >= 0.3 is 19.4 Å². The normalized spacial score (nSPS) is 24.6. The number of benzene rings is 1. The molecule has 0 saturated carbocycles. The predicted molar refractivity (Wildman–Crippen MR) is 119 cm³/mol.